The van der Waals surface area contributed by atoms with Gasteiger partial charge in [-0.15, -0.1) is 11.3 Å². The maximum atomic E-state index is 13.6. The van der Waals surface area contributed by atoms with E-state index >= 15 is 0 Å². The Labute approximate surface area is 149 Å². The first kappa shape index (κ1) is 17.2. The van der Waals surface area contributed by atoms with E-state index in [4.69, 9.17) is 11.6 Å². The lowest BCUT2D eigenvalue weighted by Gasteiger charge is -2.15. The van der Waals surface area contributed by atoms with Crippen molar-refractivity contribution in [2.75, 3.05) is 13.1 Å². The van der Waals surface area contributed by atoms with Gasteiger partial charge >= 0.3 is 0 Å². The third-order valence-electron chi connectivity index (χ3n) is 4.10. The maximum Gasteiger partial charge on any atom is 0.222 e. The van der Waals surface area contributed by atoms with Crippen molar-refractivity contribution in [2.24, 2.45) is 4.99 Å². The highest BCUT2D eigenvalue weighted by Gasteiger charge is 2.19. The molecule has 3 rings (SSSR count). The molecule has 24 heavy (non-hydrogen) atoms. The zero-order valence-electron chi connectivity index (χ0n) is 13.5. The number of nitrogens with zero attached hydrogens (tertiary/aromatic N) is 3. The van der Waals surface area contributed by atoms with Crippen LogP contribution in [0.4, 0.5) is 10.1 Å². The number of carbonyl (C=O) groups excluding carboxylic acids is 1. The van der Waals surface area contributed by atoms with Gasteiger partial charge < -0.3 is 9.47 Å². The monoisotopic (exact) mass is 367 g/mol. The number of hydrogen-bond donors (Lipinski definition) is 0. The highest BCUT2D eigenvalue weighted by Crippen LogP contribution is 2.20. The van der Waals surface area contributed by atoms with Gasteiger partial charge in [0, 0.05) is 43.2 Å². The minimum Gasteiger partial charge on any atom is -0.343 e. The smallest absolute Gasteiger partial charge is 0.222 e. The van der Waals surface area contributed by atoms with Crippen LogP contribution >= 0.6 is 22.9 Å². The van der Waals surface area contributed by atoms with E-state index in [0.29, 0.717) is 12.1 Å². The molecule has 1 amide bonds. The van der Waals surface area contributed by atoms with E-state index in [9.17, 15) is 9.18 Å². The number of amides is 1. The summed E-state index contributed by atoms with van der Waals surface area (Å²) in [6.45, 7) is 4.45. The second-order valence-electron chi connectivity index (χ2n) is 5.86. The zero-order valence-corrected chi connectivity index (χ0v) is 15.0. The standard InChI is InChI=1S/C17H19ClFN3OS/c1-12-11-24-17(20-13-5-6-14(18)15(19)10-13)22(12)9-3-8-21-7-2-4-16(21)23/h5-6,10-11H,2-4,7-9H2,1H3. The molecule has 0 aliphatic carbocycles. The Balaban J connectivity index is 1.74. The quantitative estimate of drug-likeness (QED) is 0.789. The number of benzene rings is 1. The van der Waals surface area contributed by atoms with Gasteiger partial charge in [-0.05, 0) is 31.9 Å². The lowest BCUT2D eigenvalue weighted by molar-refractivity contribution is -0.127. The summed E-state index contributed by atoms with van der Waals surface area (Å²) in [6, 6.07) is 4.55. The Morgan fingerprint density at radius 2 is 2.21 bits per heavy atom. The first-order valence-corrected chi connectivity index (χ1v) is 9.23. The molecule has 2 heterocycles. The van der Waals surface area contributed by atoms with Gasteiger partial charge in [0.25, 0.3) is 0 Å². The van der Waals surface area contributed by atoms with Crippen LogP contribution in [-0.4, -0.2) is 28.5 Å². The molecular formula is C17H19ClFN3OS. The van der Waals surface area contributed by atoms with E-state index in [1.807, 2.05) is 17.2 Å². The normalized spacial score (nSPS) is 15.5. The molecule has 1 saturated heterocycles. The summed E-state index contributed by atoms with van der Waals surface area (Å²) in [5.41, 5.74) is 1.66. The van der Waals surface area contributed by atoms with Crippen LogP contribution in [0.3, 0.4) is 0 Å². The molecule has 1 fully saturated rings. The van der Waals surface area contributed by atoms with Gasteiger partial charge in [-0.2, -0.15) is 0 Å². The molecule has 1 aromatic heterocycles. The molecule has 1 aliphatic heterocycles. The van der Waals surface area contributed by atoms with Crippen LogP contribution in [0.1, 0.15) is 25.0 Å². The SMILES string of the molecule is Cc1csc(=Nc2ccc(Cl)c(F)c2)n1CCCN1CCCC1=O. The van der Waals surface area contributed by atoms with E-state index in [-0.39, 0.29) is 10.9 Å². The fraction of sp³-hybridized carbons (Fsp3) is 0.412. The number of rotatable bonds is 5. The number of carbonyl (C=O) groups is 1. The summed E-state index contributed by atoms with van der Waals surface area (Å²) in [6.07, 6.45) is 2.52. The van der Waals surface area contributed by atoms with E-state index < -0.39 is 5.82 Å². The highest BCUT2D eigenvalue weighted by atomic mass is 35.5. The number of likely N-dealkylation sites (tertiary alicyclic amines) is 1. The van der Waals surface area contributed by atoms with Gasteiger partial charge in [-0.1, -0.05) is 11.6 Å². The van der Waals surface area contributed by atoms with E-state index in [0.717, 1.165) is 43.0 Å². The van der Waals surface area contributed by atoms with Crippen LogP contribution < -0.4 is 4.80 Å². The molecular weight excluding hydrogens is 349 g/mol. The number of aromatic nitrogens is 1. The third-order valence-corrected chi connectivity index (χ3v) is 5.39. The molecule has 0 saturated carbocycles. The minimum absolute atomic E-state index is 0.0967. The Kier molecular flexibility index (Phi) is 5.36. The van der Waals surface area contributed by atoms with Crippen LogP contribution in [0, 0.1) is 12.7 Å². The maximum absolute atomic E-state index is 13.6. The Hall–Kier alpha value is -1.66. The van der Waals surface area contributed by atoms with Gasteiger partial charge in [0.1, 0.15) is 5.82 Å². The second kappa shape index (κ2) is 7.49. The summed E-state index contributed by atoms with van der Waals surface area (Å²) in [5.74, 6) is -0.214. The van der Waals surface area contributed by atoms with Crippen molar-refractivity contribution in [1.82, 2.24) is 9.47 Å². The fourth-order valence-electron chi connectivity index (χ4n) is 2.80. The molecule has 0 bridgehead atoms. The minimum atomic E-state index is -0.467. The molecule has 0 N–H and O–H groups in total. The van der Waals surface area contributed by atoms with Crippen molar-refractivity contribution >= 4 is 34.5 Å². The Bertz CT molecular complexity index is 814. The van der Waals surface area contributed by atoms with Gasteiger partial charge in [0.15, 0.2) is 4.80 Å². The van der Waals surface area contributed by atoms with Crippen LogP contribution in [-0.2, 0) is 11.3 Å². The lowest BCUT2D eigenvalue weighted by atomic mass is 10.3. The topological polar surface area (TPSA) is 37.6 Å². The van der Waals surface area contributed by atoms with Crippen molar-refractivity contribution < 1.29 is 9.18 Å². The van der Waals surface area contributed by atoms with E-state index in [2.05, 4.69) is 9.56 Å². The second-order valence-corrected chi connectivity index (χ2v) is 7.10. The molecule has 128 valence electrons. The molecule has 1 aromatic carbocycles. The number of halogens is 2. The molecule has 7 heteroatoms. The molecule has 0 atom stereocenters. The predicted molar refractivity (Wildman–Crippen MR) is 94.1 cm³/mol. The van der Waals surface area contributed by atoms with E-state index in [1.165, 1.54) is 23.5 Å². The summed E-state index contributed by atoms with van der Waals surface area (Å²) in [4.78, 5) is 18.9. The van der Waals surface area contributed by atoms with Crippen LogP contribution in [0.2, 0.25) is 5.02 Å². The summed E-state index contributed by atoms with van der Waals surface area (Å²) in [7, 11) is 0. The van der Waals surface area contributed by atoms with Crippen LogP contribution in [0.5, 0.6) is 0 Å². The first-order valence-electron chi connectivity index (χ1n) is 7.97. The van der Waals surface area contributed by atoms with Crippen LogP contribution in [0.25, 0.3) is 0 Å². The average Bonchev–Trinajstić information content (AvgIpc) is 3.11. The summed E-state index contributed by atoms with van der Waals surface area (Å²) in [5, 5.41) is 2.13. The fourth-order valence-corrected chi connectivity index (χ4v) is 3.84. The first-order chi connectivity index (χ1) is 11.5. The number of hydrogen-bond acceptors (Lipinski definition) is 3. The van der Waals surface area contributed by atoms with Crippen molar-refractivity contribution in [3.63, 3.8) is 0 Å². The highest BCUT2D eigenvalue weighted by molar-refractivity contribution is 7.07. The number of aryl methyl sites for hydroxylation is 1. The Morgan fingerprint density at radius 3 is 2.92 bits per heavy atom. The number of thiazole rings is 1. The third kappa shape index (κ3) is 3.87. The van der Waals surface area contributed by atoms with Gasteiger partial charge in [-0.3, -0.25) is 4.79 Å². The summed E-state index contributed by atoms with van der Waals surface area (Å²) < 4.78 is 15.7. The predicted octanol–water partition coefficient (Wildman–Crippen LogP) is 3.90. The lowest BCUT2D eigenvalue weighted by Crippen LogP contribution is -2.27. The molecule has 0 unspecified atom stereocenters. The van der Waals surface area contributed by atoms with Crippen molar-refractivity contribution in [1.29, 1.82) is 0 Å². The van der Waals surface area contributed by atoms with Crippen molar-refractivity contribution in [2.45, 2.75) is 32.7 Å². The average molecular weight is 368 g/mol. The van der Waals surface area contributed by atoms with E-state index in [1.54, 1.807) is 6.07 Å². The summed E-state index contributed by atoms with van der Waals surface area (Å²) >= 11 is 7.23. The molecule has 2 aromatic rings. The molecule has 1 aliphatic rings. The molecule has 0 radical (unpaired) electrons. The van der Waals surface area contributed by atoms with Gasteiger partial charge in [0.2, 0.25) is 5.91 Å². The van der Waals surface area contributed by atoms with Gasteiger partial charge in [-0.25, -0.2) is 9.38 Å². The van der Waals surface area contributed by atoms with Crippen molar-refractivity contribution in [3.8, 4) is 0 Å². The van der Waals surface area contributed by atoms with Gasteiger partial charge in [0.05, 0.1) is 10.7 Å². The molecule has 0 spiro atoms. The van der Waals surface area contributed by atoms with Crippen LogP contribution in [0.15, 0.2) is 28.6 Å². The largest absolute Gasteiger partial charge is 0.343 e. The zero-order chi connectivity index (χ0) is 17.1. The molecule has 4 nitrogen and oxygen atoms in total. The Morgan fingerprint density at radius 1 is 1.38 bits per heavy atom. The van der Waals surface area contributed by atoms with Crippen molar-refractivity contribution in [3.05, 3.63) is 44.9 Å².